The number of aromatic nitrogens is 2. The van der Waals surface area contributed by atoms with Crippen molar-refractivity contribution in [2.75, 3.05) is 31.1 Å². The van der Waals surface area contributed by atoms with E-state index in [1.807, 2.05) is 29.3 Å². The first kappa shape index (κ1) is 15.6. The zero-order chi connectivity index (χ0) is 16.5. The SMILES string of the molecule is O=C(C1CCC1)N1CCCN(c2cnc3cc(Cl)ccc3n2)CC1. The molecule has 0 unspecified atom stereocenters. The first-order chi connectivity index (χ1) is 11.7. The first-order valence-corrected chi connectivity index (χ1v) is 9.04. The molecule has 6 heteroatoms. The summed E-state index contributed by atoms with van der Waals surface area (Å²) in [7, 11) is 0. The number of nitrogens with zero attached hydrogens (tertiary/aromatic N) is 4. The number of anilines is 1. The molecule has 2 fully saturated rings. The second-order valence-electron chi connectivity index (χ2n) is 6.65. The molecular formula is C18H21ClN4O. The third-order valence-corrected chi connectivity index (χ3v) is 5.31. The van der Waals surface area contributed by atoms with E-state index in [0.29, 0.717) is 10.9 Å². The van der Waals surface area contributed by atoms with Gasteiger partial charge in [-0.05, 0) is 37.5 Å². The van der Waals surface area contributed by atoms with E-state index in [4.69, 9.17) is 16.6 Å². The average Bonchev–Trinajstić information content (AvgIpc) is 2.79. The quantitative estimate of drug-likeness (QED) is 0.840. The molecule has 1 saturated heterocycles. The predicted octanol–water partition coefficient (Wildman–Crippen LogP) is 3.12. The minimum Gasteiger partial charge on any atom is -0.353 e. The summed E-state index contributed by atoms with van der Waals surface area (Å²) in [6.07, 6.45) is 6.11. The summed E-state index contributed by atoms with van der Waals surface area (Å²) in [6.45, 7) is 3.34. The Kier molecular flexibility index (Phi) is 4.27. The molecule has 0 atom stereocenters. The number of fused-ring (bicyclic) bond motifs is 1. The van der Waals surface area contributed by atoms with E-state index in [0.717, 1.165) is 62.3 Å². The van der Waals surface area contributed by atoms with Crippen molar-refractivity contribution < 1.29 is 4.79 Å². The molecule has 1 saturated carbocycles. The zero-order valence-corrected chi connectivity index (χ0v) is 14.4. The smallest absolute Gasteiger partial charge is 0.225 e. The number of rotatable bonds is 2. The van der Waals surface area contributed by atoms with Crippen molar-refractivity contribution in [2.24, 2.45) is 5.92 Å². The molecule has 0 spiro atoms. The molecule has 2 heterocycles. The van der Waals surface area contributed by atoms with E-state index in [-0.39, 0.29) is 5.92 Å². The molecule has 5 nitrogen and oxygen atoms in total. The van der Waals surface area contributed by atoms with Crippen molar-refractivity contribution in [3.8, 4) is 0 Å². The maximum absolute atomic E-state index is 12.4. The molecule has 2 aromatic rings. The Bertz CT molecular complexity index is 762. The summed E-state index contributed by atoms with van der Waals surface area (Å²) in [6, 6.07) is 5.57. The zero-order valence-electron chi connectivity index (χ0n) is 13.6. The van der Waals surface area contributed by atoms with Crippen LogP contribution in [0, 0.1) is 5.92 Å². The molecule has 1 aliphatic carbocycles. The number of hydrogen-bond donors (Lipinski definition) is 0. The topological polar surface area (TPSA) is 49.3 Å². The van der Waals surface area contributed by atoms with Gasteiger partial charge in [0.05, 0.1) is 17.2 Å². The highest BCUT2D eigenvalue weighted by molar-refractivity contribution is 6.31. The largest absolute Gasteiger partial charge is 0.353 e. The Balaban J connectivity index is 1.48. The van der Waals surface area contributed by atoms with E-state index < -0.39 is 0 Å². The summed E-state index contributed by atoms with van der Waals surface area (Å²) >= 11 is 6.00. The van der Waals surface area contributed by atoms with Crippen LogP contribution in [-0.4, -0.2) is 47.0 Å². The average molecular weight is 345 g/mol. The van der Waals surface area contributed by atoms with Crippen LogP contribution >= 0.6 is 11.6 Å². The molecule has 2 aliphatic rings. The van der Waals surface area contributed by atoms with Gasteiger partial charge in [-0.3, -0.25) is 9.78 Å². The predicted molar refractivity (Wildman–Crippen MR) is 95.3 cm³/mol. The standard InChI is InChI=1S/C18H21ClN4O/c19-14-5-6-15-16(11-14)20-12-17(21-15)22-7-2-8-23(10-9-22)18(24)13-3-1-4-13/h5-6,11-13H,1-4,7-10H2. The van der Waals surface area contributed by atoms with Crippen LogP contribution in [0.3, 0.4) is 0 Å². The Morgan fingerprint density at radius 1 is 1.08 bits per heavy atom. The monoisotopic (exact) mass is 344 g/mol. The second-order valence-corrected chi connectivity index (χ2v) is 7.09. The van der Waals surface area contributed by atoms with Crippen LogP contribution in [0.4, 0.5) is 5.82 Å². The van der Waals surface area contributed by atoms with Gasteiger partial charge in [0.15, 0.2) is 0 Å². The van der Waals surface area contributed by atoms with Crippen molar-refractivity contribution in [3.05, 3.63) is 29.4 Å². The molecule has 0 bridgehead atoms. The highest BCUT2D eigenvalue weighted by Crippen LogP contribution is 2.29. The molecular weight excluding hydrogens is 324 g/mol. The van der Waals surface area contributed by atoms with Crippen molar-refractivity contribution >= 4 is 34.4 Å². The van der Waals surface area contributed by atoms with Crippen LogP contribution in [0.2, 0.25) is 5.02 Å². The van der Waals surface area contributed by atoms with Crippen molar-refractivity contribution in [1.29, 1.82) is 0 Å². The summed E-state index contributed by atoms with van der Waals surface area (Å²) in [4.78, 5) is 25.9. The summed E-state index contributed by atoms with van der Waals surface area (Å²) < 4.78 is 0. The van der Waals surface area contributed by atoms with Gasteiger partial charge in [-0.2, -0.15) is 0 Å². The molecule has 4 rings (SSSR count). The van der Waals surface area contributed by atoms with Gasteiger partial charge in [-0.15, -0.1) is 0 Å². The lowest BCUT2D eigenvalue weighted by Crippen LogP contribution is -2.41. The fourth-order valence-corrected chi connectivity index (χ4v) is 3.57. The van der Waals surface area contributed by atoms with Crippen LogP contribution in [-0.2, 0) is 4.79 Å². The van der Waals surface area contributed by atoms with Gasteiger partial charge in [0.1, 0.15) is 5.82 Å². The molecule has 24 heavy (non-hydrogen) atoms. The fourth-order valence-electron chi connectivity index (χ4n) is 3.41. The third kappa shape index (κ3) is 3.05. The summed E-state index contributed by atoms with van der Waals surface area (Å²) in [5, 5.41) is 0.671. The lowest BCUT2D eigenvalue weighted by Gasteiger charge is -2.31. The van der Waals surface area contributed by atoms with E-state index in [1.54, 1.807) is 0 Å². The van der Waals surface area contributed by atoms with Crippen LogP contribution in [0.15, 0.2) is 24.4 Å². The minimum absolute atomic E-state index is 0.279. The lowest BCUT2D eigenvalue weighted by molar-refractivity contribution is -0.137. The van der Waals surface area contributed by atoms with E-state index >= 15 is 0 Å². The first-order valence-electron chi connectivity index (χ1n) is 8.67. The molecule has 1 aromatic heterocycles. The van der Waals surface area contributed by atoms with Gasteiger partial charge in [0.2, 0.25) is 5.91 Å². The summed E-state index contributed by atoms with van der Waals surface area (Å²) in [5.74, 6) is 1.51. The lowest BCUT2D eigenvalue weighted by atomic mass is 9.84. The second kappa shape index (κ2) is 6.55. The normalized spacial score (nSPS) is 19.2. The molecule has 1 amide bonds. The number of carbonyl (C=O) groups is 1. The maximum atomic E-state index is 12.4. The molecule has 1 aliphatic heterocycles. The minimum atomic E-state index is 0.279. The number of halogens is 1. The number of carbonyl (C=O) groups excluding carboxylic acids is 1. The Morgan fingerprint density at radius 3 is 2.75 bits per heavy atom. The number of hydrogen-bond acceptors (Lipinski definition) is 4. The Labute approximate surface area is 146 Å². The maximum Gasteiger partial charge on any atom is 0.225 e. The van der Waals surface area contributed by atoms with Crippen LogP contribution in [0.1, 0.15) is 25.7 Å². The van der Waals surface area contributed by atoms with Gasteiger partial charge in [-0.1, -0.05) is 18.0 Å². The number of amides is 1. The van der Waals surface area contributed by atoms with E-state index in [2.05, 4.69) is 9.88 Å². The van der Waals surface area contributed by atoms with Gasteiger partial charge in [0.25, 0.3) is 0 Å². The highest BCUT2D eigenvalue weighted by atomic mass is 35.5. The van der Waals surface area contributed by atoms with Gasteiger partial charge in [0, 0.05) is 37.1 Å². The Morgan fingerprint density at radius 2 is 1.96 bits per heavy atom. The summed E-state index contributed by atoms with van der Waals surface area (Å²) in [5.41, 5.74) is 1.66. The molecule has 1 aromatic carbocycles. The van der Waals surface area contributed by atoms with Gasteiger partial charge < -0.3 is 9.80 Å². The highest BCUT2D eigenvalue weighted by Gasteiger charge is 2.30. The van der Waals surface area contributed by atoms with Crippen LogP contribution in [0.25, 0.3) is 11.0 Å². The van der Waals surface area contributed by atoms with Crippen molar-refractivity contribution in [3.63, 3.8) is 0 Å². The van der Waals surface area contributed by atoms with Crippen molar-refractivity contribution in [2.45, 2.75) is 25.7 Å². The van der Waals surface area contributed by atoms with Gasteiger partial charge in [-0.25, -0.2) is 4.98 Å². The fraction of sp³-hybridized carbons (Fsp3) is 0.500. The molecule has 0 N–H and O–H groups in total. The third-order valence-electron chi connectivity index (χ3n) is 5.08. The Hall–Kier alpha value is -1.88. The van der Waals surface area contributed by atoms with Crippen molar-refractivity contribution in [1.82, 2.24) is 14.9 Å². The van der Waals surface area contributed by atoms with Crippen LogP contribution < -0.4 is 4.90 Å². The van der Waals surface area contributed by atoms with Gasteiger partial charge >= 0.3 is 0 Å². The molecule has 126 valence electrons. The molecule has 0 radical (unpaired) electrons. The van der Waals surface area contributed by atoms with E-state index in [1.165, 1.54) is 6.42 Å². The van der Waals surface area contributed by atoms with Crippen LogP contribution in [0.5, 0.6) is 0 Å². The van der Waals surface area contributed by atoms with E-state index in [9.17, 15) is 4.79 Å². The number of benzene rings is 1.